The molecule has 0 saturated heterocycles. The maximum absolute atomic E-state index is 11.3. The van der Waals surface area contributed by atoms with Crippen molar-refractivity contribution < 1.29 is 25.2 Å². The lowest BCUT2D eigenvalue weighted by Gasteiger charge is -2.25. The van der Waals surface area contributed by atoms with Gasteiger partial charge in [-0.05, 0) is 32.0 Å². The van der Waals surface area contributed by atoms with Crippen molar-refractivity contribution in [1.29, 1.82) is 0 Å². The third-order valence-electron chi connectivity index (χ3n) is 4.32. The zero-order valence-corrected chi connectivity index (χ0v) is 13.4. The van der Waals surface area contributed by atoms with Gasteiger partial charge in [0.25, 0.3) is 0 Å². The quantitative estimate of drug-likeness (QED) is 0.471. The van der Waals surface area contributed by atoms with Crippen LogP contribution in [0.5, 0.6) is 11.5 Å². The Kier molecular flexibility index (Phi) is 3.74. The molecule has 0 saturated carbocycles. The molecule has 1 atom stereocenters. The molecule has 2 aromatic carbocycles. The molecule has 0 bridgehead atoms. The predicted octanol–water partition coefficient (Wildman–Crippen LogP) is 2.22. The second-order valence-corrected chi connectivity index (χ2v) is 6.56. The number of nitrogens with one attached hydrogen (secondary N) is 1. The number of phenolic OH excluding ortho intramolecular Hbond substituents is 2. The normalized spacial score (nSPS) is 13.5. The lowest BCUT2D eigenvalue weighted by Crippen LogP contribution is -2.37. The van der Waals surface area contributed by atoms with Crippen LogP contribution in [0, 0.1) is 0 Å². The van der Waals surface area contributed by atoms with E-state index >= 15 is 0 Å². The smallest absolute Gasteiger partial charge is 0.153 e. The minimum atomic E-state index is -1.36. The number of rotatable bonds is 4. The van der Waals surface area contributed by atoms with E-state index in [2.05, 4.69) is 4.98 Å². The summed E-state index contributed by atoms with van der Waals surface area (Å²) in [7, 11) is 0. The lowest BCUT2D eigenvalue weighted by atomic mass is 9.92. The fourth-order valence-electron chi connectivity index (χ4n) is 2.84. The van der Waals surface area contributed by atoms with E-state index in [0.29, 0.717) is 28.3 Å². The number of fused-ring (bicyclic) bond motifs is 3. The number of aldehydes is 1. The summed E-state index contributed by atoms with van der Waals surface area (Å²) in [6.07, 6.45) is -0.617. The molecule has 1 aromatic heterocycles. The van der Waals surface area contributed by atoms with Gasteiger partial charge in [0, 0.05) is 28.8 Å². The first kappa shape index (κ1) is 16.3. The molecule has 6 heteroatoms. The van der Waals surface area contributed by atoms with Crippen LogP contribution in [0.15, 0.2) is 24.3 Å². The molecule has 0 aliphatic rings. The molecule has 5 N–H and O–H groups in total. The molecule has 0 amide bonds. The summed E-state index contributed by atoms with van der Waals surface area (Å²) < 4.78 is 0. The number of carbonyl (C=O) groups excluding carboxylic acids is 1. The summed E-state index contributed by atoms with van der Waals surface area (Å²) >= 11 is 0. The zero-order chi connectivity index (χ0) is 17.6. The van der Waals surface area contributed by atoms with Gasteiger partial charge in [0.15, 0.2) is 6.29 Å². The van der Waals surface area contributed by atoms with Crippen LogP contribution in [0.3, 0.4) is 0 Å². The average molecular weight is 329 g/mol. The SMILES string of the molecule is CC(C)(O)C(O)Cc1c(O)c(C=O)cc2c1[nH]c1cc(O)ccc12. The van der Waals surface area contributed by atoms with E-state index in [4.69, 9.17) is 0 Å². The van der Waals surface area contributed by atoms with E-state index < -0.39 is 11.7 Å². The van der Waals surface area contributed by atoms with E-state index in [1.54, 1.807) is 18.2 Å². The molecule has 1 heterocycles. The van der Waals surface area contributed by atoms with Crippen molar-refractivity contribution in [2.75, 3.05) is 0 Å². The zero-order valence-electron chi connectivity index (χ0n) is 13.4. The van der Waals surface area contributed by atoms with Crippen LogP contribution in [-0.4, -0.2) is 43.4 Å². The van der Waals surface area contributed by atoms with Gasteiger partial charge in [0.05, 0.1) is 28.3 Å². The molecule has 0 fully saturated rings. The van der Waals surface area contributed by atoms with Gasteiger partial charge in [-0.15, -0.1) is 0 Å². The highest BCUT2D eigenvalue weighted by atomic mass is 16.3. The van der Waals surface area contributed by atoms with Crippen molar-refractivity contribution in [2.45, 2.75) is 32.0 Å². The van der Waals surface area contributed by atoms with Crippen molar-refractivity contribution >= 4 is 28.1 Å². The molecule has 3 rings (SSSR count). The number of hydrogen-bond acceptors (Lipinski definition) is 5. The van der Waals surface area contributed by atoms with Crippen molar-refractivity contribution in [3.8, 4) is 11.5 Å². The Morgan fingerprint density at radius 3 is 2.54 bits per heavy atom. The number of phenols is 2. The van der Waals surface area contributed by atoms with Crippen molar-refractivity contribution in [3.63, 3.8) is 0 Å². The van der Waals surface area contributed by atoms with Crippen molar-refractivity contribution in [2.24, 2.45) is 0 Å². The Balaban J connectivity index is 2.31. The van der Waals surface area contributed by atoms with Crippen LogP contribution in [0.2, 0.25) is 0 Å². The topological polar surface area (TPSA) is 114 Å². The van der Waals surface area contributed by atoms with Gasteiger partial charge in [0.1, 0.15) is 11.5 Å². The Hall–Kier alpha value is -2.57. The van der Waals surface area contributed by atoms with E-state index in [9.17, 15) is 25.2 Å². The van der Waals surface area contributed by atoms with Crippen LogP contribution in [-0.2, 0) is 6.42 Å². The Labute approximate surface area is 138 Å². The van der Waals surface area contributed by atoms with Crippen LogP contribution in [0.25, 0.3) is 21.8 Å². The summed E-state index contributed by atoms with van der Waals surface area (Å²) in [4.78, 5) is 14.4. The van der Waals surface area contributed by atoms with Gasteiger partial charge in [-0.2, -0.15) is 0 Å². The molecular weight excluding hydrogens is 310 g/mol. The first-order valence-electron chi connectivity index (χ1n) is 7.57. The predicted molar refractivity (Wildman–Crippen MR) is 90.5 cm³/mol. The van der Waals surface area contributed by atoms with Crippen LogP contribution >= 0.6 is 0 Å². The molecular formula is C18H19NO5. The summed E-state index contributed by atoms with van der Waals surface area (Å²) in [5.74, 6) is -0.136. The molecule has 0 radical (unpaired) electrons. The van der Waals surface area contributed by atoms with E-state index in [1.165, 1.54) is 19.9 Å². The van der Waals surface area contributed by atoms with Crippen LogP contribution < -0.4 is 0 Å². The van der Waals surface area contributed by atoms with Gasteiger partial charge in [-0.25, -0.2) is 0 Å². The molecule has 0 aliphatic carbocycles. The van der Waals surface area contributed by atoms with Crippen molar-refractivity contribution in [3.05, 3.63) is 35.4 Å². The molecule has 6 nitrogen and oxygen atoms in total. The fraction of sp³-hybridized carbons (Fsp3) is 0.278. The van der Waals surface area contributed by atoms with Gasteiger partial charge in [-0.3, -0.25) is 4.79 Å². The monoisotopic (exact) mass is 329 g/mol. The summed E-state index contributed by atoms with van der Waals surface area (Å²) in [5.41, 5.74) is 0.294. The standard InChI is InChI=1S/C18H19NO5/c1-18(2,24)15(22)7-13-16-12(5-9(8-20)17(13)23)11-4-3-10(21)6-14(11)19-16/h3-6,8,15,19,21-24H,7H2,1-2H3. The highest BCUT2D eigenvalue weighted by molar-refractivity contribution is 6.11. The number of aromatic amines is 1. The molecule has 1 unspecified atom stereocenters. The first-order chi connectivity index (χ1) is 11.2. The lowest BCUT2D eigenvalue weighted by molar-refractivity contribution is -0.0469. The third kappa shape index (κ3) is 2.60. The molecule has 0 aliphatic heterocycles. The summed E-state index contributed by atoms with van der Waals surface area (Å²) in [6.45, 7) is 2.94. The Morgan fingerprint density at radius 1 is 1.21 bits per heavy atom. The largest absolute Gasteiger partial charge is 0.508 e. The first-order valence-corrected chi connectivity index (χ1v) is 7.57. The summed E-state index contributed by atoms with van der Waals surface area (Å²) in [6, 6.07) is 6.36. The number of aromatic nitrogens is 1. The third-order valence-corrected chi connectivity index (χ3v) is 4.32. The number of aromatic hydroxyl groups is 2. The second-order valence-electron chi connectivity index (χ2n) is 6.56. The number of H-pyrrole nitrogens is 1. The minimum absolute atomic E-state index is 0.0354. The molecule has 126 valence electrons. The molecule has 24 heavy (non-hydrogen) atoms. The van der Waals surface area contributed by atoms with Crippen LogP contribution in [0.4, 0.5) is 0 Å². The van der Waals surface area contributed by atoms with E-state index in [0.717, 1.165) is 5.39 Å². The van der Waals surface area contributed by atoms with Crippen LogP contribution in [0.1, 0.15) is 29.8 Å². The van der Waals surface area contributed by atoms with Gasteiger partial charge >= 0.3 is 0 Å². The molecule has 0 spiro atoms. The van der Waals surface area contributed by atoms with Gasteiger partial charge in [0.2, 0.25) is 0 Å². The van der Waals surface area contributed by atoms with E-state index in [-0.39, 0.29) is 23.5 Å². The number of aliphatic hydroxyl groups excluding tert-OH is 1. The van der Waals surface area contributed by atoms with E-state index in [1.807, 2.05) is 0 Å². The number of hydrogen-bond donors (Lipinski definition) is 5. The van der Waals surface area contributed by atoms with Gasteiger partial charge < -0.3 is 25.4 Å². The highest BCUT2D eigenvalue weighted by Crippen LogP contribution is 2.37. The number of benzene rings is 2. The maximum Gasteiger partial charge on any atom is 0.153 e. The number of aliphatic hydroxyl groups is 2. The average Bonchev–Trinajstić information content (AvgIpc) is 2.85. The molecule has 3 aromatic rings. The van der Waals surface area contributed by atoms with Crippen molar-refractivity contribution in [1.82, 2.24) is 4.98 Å². The minimum Gasteiger partial charge on any atom is -0.508 e. The Bertz CT molecular complexity index is 936. The number of carbonyl (C=O) groups is 1. The Morgan fingerprint density at radius 2 is 1.92 bits per heavy atom. The fourth-order valence-corrected chi connectivity index (χ4v) is 2.84. The summed E-state index contributed by atoms with van der Waals surface area (Å²) in [5, 5.41) is 41.7. The maximum atomic E-state index is 11.3. The van der Waals surface area contributed by atoms with Gasteiger partial charge in [-0.1, -0.05) is 0 Å². The highest BCUT2D eigenvalue weighted by Gasteiger charge is 2.27. The second kappa shape index (κ2) is 5.51.